The largest absolute Gasteiger partial charge is 0.454 e. The molecule has 1 N–H and O–H groups in total. The van der Waals surface area contributed by atoms with Crippen LogP contribution < -0.4 is 14.8 Å². The van der Waals surface area contributed by atoms with E-state index >= 15 is 0 Å². The van der Waals surface area contributed by atoms with Gasteiger partial charge < -0.3 is 19.5 Å². The van der Waals surface area contributed by atoms with Crippen LogP contribution in [-0.4, -0.2) is 31.1 Å². The van der Waals surface area contributed by atoms with Gasteiger partial charge in [0, 0.05) is 11.6 Å². The highest BCUT2D eigenvalue weighted by Gasteiger charge is 2.21. The Labute approximate surface area is 172 Å². The number of nitriles is 1. The number of nitrogens with zero attached hydrogens (tertiary/aromatic N) is 1. The van der Waals surface area contributed by atoms with Crippen molar-refractivity contribution in [1.82, 2.24) is 0 Å². The first-order valence-electron chi connectivity index (χ1n) is 8.97. The average Bonchev–Trinajstić information content (AvgIpc) is 3.18. The van der Waals surface area contributed by atoms with Gasteiger partial charge in [-0.3, -0.25) is 9.59 Å². The minimum absolute atomic E-state index is 0.0198. The average molecular weight is 406 g/mol. The molecule has 8 heteroatoms. The van der Waals surface area contributed by atoms with E-state index < -0.39 is 18.5 Å². The number of ketones is 1. The summed E-state index contributed by atoms with van der Waals surface area (Å²) in [5.74, 6) is -1.08. The van der Waals surface area contributed by atoms with Gasteiger partial charge in [-0.2, -0.15) is 5.26 Å². The Balaban J connectivity index is 1.65. The molecule has 0 saturated heterocycles. The molecule has 152 valence electrons. The van der Waals surface area contributed by atoms with Crippen LogP contribution in [0.3, 0.4) is 0 Å². The van der Waals surface area contributed by atoms with Gasteiger partial charge in [-0.1, -0.05) is 29.8 Å². The number of amides is 1. The fourth-order valence-electron chi connectivity index (χ4n) is 2.70. The van der Waals surface area contributed by atoms with Crippen molar-refractivity contribution in [2.75, 3.05) is 18.7 Å². The van der Waals surface area contributed by atoms with Gasteiger partial charge in [-0.25, -0.2) is 4.79 Å². The minimum Gasteiger partial charge on any atom is -0.454 e. The van der Waals surface area contributed by atoms with Crippen molar-refractivity contribution in [2.24, 2.45) is 0 Å². The third-order valence-electron chi connectivity index (χ3n) is 4.23. The fourth-order valence-corrected chi connectivity index (χ4v) is 2.70. The van der Waals surface area contributed by atoms with Crippen molar-refractivity contribution in [3.8, 4) is 17.6 Å². The monoisotopic (exact) mass is 406 g/mol. The second-order valence-corrected chi connectivity index (χ2v) is 6.51. The van der Waals surface area contributed by atoms with E-state index in [9.17, 15) is 19.6 Å². The molecule has 1 amide bonds. The van der Waals surface area contributed by atoms with E-state index in [1.165, 1.54) is 25.1 Å². The molecule has 0 unspecified atom stereocenters. The smallest absolute Gasteiger partial charge is 0.349 e. The lowest BCUT2D eigenvalue weighted by atomic mass is 10.1. The standard InChI is InChI=1S/C22H18N2O6/c1-13-3-5-15(6-4-13)7-16(10-23)22(27)28-11-21(26)24-18-9-20-19(29-12-30-20)8-17(18)14(2)25/h3-9H,11-12H2,1-2H3,(H,24,26)/b16-7+. The Bertz CT molecular complexity index is 1080. The van der Waals surface area contributed by atoms with Crippen molar-refractivity contribution >= 4 is 29.4 Å². The van der Waals surface area contributed by atoms with Gasteiger partial charge in [-0.05, 0) is 31.6 Å². The predicted octanol–water partition coefficient (Wildman–Crippen LogP) is 3.02. The van der Waals surface area contributed by atoms with Gasteiger partial charge in [0.1, 0.15) is 11.6 Å². The Morgan fingerprint density at radius 1 is 1.17 bits per heavy atom. The molecule has 2 aromatic rings. The summed E-state index contributed by atoms with van der Waals surface area (Å²) in [5, 5.41) is 11.7. The number of fused-ring (bicyclic) bond motifs is 1. The Hall–Kier alpha value is -4.12. The van der Waals surface area contributed by atoms with Crippen LogP contribution in [0.4, 0.5) is 5.69 Å². The summed E-state index contributed by atoms with van der Waals surface area (Å²) in [5.41, 5.74) is 1.90. The number of nitrogens with one attached hydrogen (secondary N) is 1. The highest BCUT2D eigenvalue weighted by Crippen LogP contribution is 2.37. The van der Waals surface area contributed by atoms with E-state index in [1.54, 1.807) is 18.2 Å². The third kappa shape index (κ3) is 4.83. The van der Waals surface area contributed by atoms with E-state index in [0.29, 0.717) is 17.1 Å². The molecule has 30 heavy (non-hydrogen) atoms. The van der Waals surface area contributed by atoms with Gasteiger partial charge in [0.25, 0.3) is 5.91 Å². The van der Waals surface area contributed by atoms with Gasteiger partial charge in [-0.15, -0.1) is 0 Å². The Morgan fingerprint density at radius 2 is 1.83 bits per heavy atom. The molecule has 1 aliphatic rings. The van der Waals surface area contributed by atoms with Crippen molar-refractivity contribution in [1.29, 1.82) is 5.26 Å². The summed E-state index contributed by atoms with van der Waals surface area (Å²) >= 11 is 0. The zero-order valence-electron chi connectivity index (χ0n) is 16.4. The topological polar surface area (TPSA) is 115 Å². The molecule has 1 heterocycles. The normalized spacial score (nSPS) is 12.1. The molecular weight excluding hydrogens is 388 g/mol. The van der Waals surface area contributed by atoms with Crippen molar-refractivity contribution < 1.29 is 28.6 Å². The SMILES string of the molecule is CC(=O)c1cc2c(cc1NC(=O)COC(=O)/C(C#N)=C/c1ccc(C)cc1)OCO2. The van der Waals surface area contributed by atoms with Gasteiger partial charge >= 0.3 is 5.97 Å². The van der Waals surface area contributed by atoms with Crippen LogP contribution >= 0.6 is 0 Å². The summed E-state index contributed by atoms with van der Waals surface area (Å²) in [7, 11) is 0. The molecule has 0 bridgehead atoms. The third-order valence-corrected chi connectivity index (χ3v) is 4.23. The minimum atomic E-state index is -0.925. The number of hydrogen-bond acceptors (Lipinski definition) is 7. The summed E-state index contributed by atoms with van der Waals surface area (Å²) in [6, 6.07) is 11.9. The molecule has 0 radical (unpaired) electrons. The lowest BCUT2D eigenvalue weighted by Gasteiger charge is -2.11. The first-order chi connectivity index (χ1) is 14.4. The second kappa shape index (κ2) is 8.92. The Morgan fingerprint density at radius 3 is 2.47 bits per heavy atom. The number of aryl methyl sites for hydroxylation is 1. The summed E-state index contributed by atoms with van der Waals surface area (Å²) in [6.45, 7) is 2.66. The zero-order valence-corrected chi connectivity index (χ0v) is 16.4. The summed E-state index contributed by atoms with van der Waals surface area (Å²) in [4.78, 5) is 36.2. The number of benzene rings is 2. The number of ether oxygens (including phenoxy) is 3. The first-order valence-corrected chi connectivity index (χ1v) is 8.97. The molecule has 0 spiro atoms. The number of carbonyl (C=O) groups is 3. The van der Waals surface area contributed by atoms with Crippen LogP contribution in [0.2, 0.25) is 0 Å². The van der Waals surface area contributed by atoms with E-state index in [0.717, 1.165) is 5.56 Å². The van der Waals surface area contributed by atoms with Crippen LogP contribution in [0, 0.1) is 18.3 Å². The van der Waals surface area contributed by atoms with E-state index in [1.807, 2.05) is 19.1 Å². The molecule has 0 fully saturated rings. The van der Waals surface area contributed by atoms with Crippen LogP contribution in [0.25, 0.3) is 6.08 Å². The lowest BCUT2D eigenvalue weighted by molar-refractivity contribution is -0.142. The number of hydrogen-bond donors (Lipinski definition) is 1. The van der Waals surface area contributed by atoms with Gasteiger partial charge in [0.2, 0.25) is 6.79 Å². The molecule has 3 rings (SSSR count). The maximum Gasteiger partial charge on any atom is 0.349 e. The van der Waals surface area contributed by atoms with E-state index in [2.05, 4.69) is 5.32 Å². The molecule has 0 aliphatic carbocycles. The number of esters is 1. The van der Waals surface area contributed by atoms with Crippen LogP contribution in [0.5, 0.6) is 11.5 Å². The van der Waals surface area contributed by atoms with Crippen LogP contribution in [0.15, 0.2) is 42.0 Å². The molecule has 0 saturated carbocycles. The molecule has 8 nitrogen and oxygen atoms in total. The summed E-state index contributed by atoms with van der Waals surface area (Å²) in [6.07, 6.45) is 1.38. The van der Waals surface area contributed by atoms with Crippen molar-refractivity contribution in [2.45, 2.75) is 13.8 Å². The van der Waals surface area contributed by atoms with Crippen molar-refractivity contribution in [3.05, 3.63) is 58.7 Å². The van der Waals surface area contributed by atoms with Crippen LogP contribution in [0.1, 0.15) is 28.4 Å². The highest BCUT2D eigenvalue weighted by molar-refractivity contribution is 6.05. The first kappa shape index (κ1) is 20.6. The maximum absolute atomic E-state index is 12.2. The highest BCUT2D eigenvalue weighted by atomic mass is 16.7. The van der Waals surface area contributed by atoms with E-state index in [-0.39, 0.29) is 29.4 Å². The summed E-state index contributed by atoms with van der Waals surface area (Å²) < 4.78 is 15.4. The quantitative estimate of drug-likeness (QED) is 0.339. The molecule has 0 aromatic heterocycles. The van der Waals surface area contributed by atoms with Crippen LogP contribution in [-0.2, 0) is 14.3 Å². The number of anilines is 1. The lowest BCUT2D eigenvalue weighted by Crippen LogP contribution is -2.22. The van der Waals surface area contributed by atoms with Gasteiger partial charge in [0.05, 0.1) is 5.69 Å². The molecule has 1 aliphatic heterocycles. The number of rotatable bonds is 6. The number of carbonyl (C=O) groups excluding carboxylic acids is 3. The maximum atomic E-state index is 12.2. The second-order valence-electron chi connectivity index (χ2n) is 6.51. The number of Topliss-reactive ketones (excluding diaryl/α,β-unsaturated/α-hetero) is 1. The van der Waals surface area contributed by atoms with Gasteiger partial charge in [0.15, 0.2) is 23.9 Å². The fraction of sp³-hybridized carbons (Fsp3) is 0.182. The predicted molar refractivity (Wildman–Crippen MR) is 107 cm³/mol. The molecule has 0 atom stereocenters. The zero-order chi connectivity index (χ0) is 21.7. The van der Waals surface area contributed by atoms with E-state index in [4.69, 9.17) is 14.2 Å². The van der Waals surface area contributed by atoms with Crippen molar-refractivity contribution in [3.63, 3.8) is 0 Å². The molecule has 2 aromatic carbocycles. The Kier molecular flexibility index (Phi) is 6.13. The molecular formula is C22H18N2O6.